The average Bonchev–Trinajstić information content (AvgIpc) is 2.86. The van der Waals surface area contributed by atoms with E-state index >= 15 is 0 Å². The Labute approximate surface area is 132 Å². The summed E-state index contributed by atoms with van der Waals surface area (Å²) in [6, 6.07) is 7.77. The first kappa shape index (κ1) is 16.4. The van der Waals surface area contributed by atoms with E-state index in [0.717, 1.165) is 35.0 Å². The van der Waals surface area contributed by atoms with E-state index in [1.165, 1.54) is 0 Å². The van der Waals surface area contributed by atoms with Gasteiger partial charge in [-0.25, -0.2) is 4.68 Å². The lowest BCUT2D eigenvalue weighted by atomic mass is 9.88. The lowest BCUT2D eigenvalue weighted by Gasteiger charge is -2.17. The van der Waals surface area contributed by atoms with Gasteiger partial charge in [0.05, 0.1) is 25.6 Å². The molecule has 0 saturated heterocycles. The van der Waals surface area contributed by atoms with E-state index < -0.39 is 0 Å². The largest absolute Gasteiger partial charge is 0.497 e. The summed E-state index contributed by atoms with van der Waals surface area (Å²) in [5.74, 6) is 1.52. The van der Waals surface area contributed by atoms with Gasteiger partial charge in [0.1, 0.15) is 5.75 Å². The van der Waals surface area contributed by atoms with Crippen molar-refractivity contribution in [3.8, 4) is 17.3 Å². The van der Waals surface area contributed by atoms with Gasteiger partial charge in [0.25, 0.3) is 0 Å². The Kier molecular flexibility index (Phi) is 4.76. The summed E-state index contributed by atoms with van der Waals surface area (Å²) in [4.78, 5) is 0. The van der Waals surface area contributed by atoms with Crippen molar-refractivity contribution in [2.24, 2.45) is 5.73 Å². The summed E-state index contributed by atoms with van der Waals surface area (Å²) in [7, 11) is 3.32. The van der Waals surface area contributed by atoms with E-state index in [4.69, 9.17) is 20.3 Å². The van der Waals surface area contributed by atoms with E-state index in [1.807, 2.05) is 28.9 Å². The third-order valence-electron chi connectivity index (χ3n) is 3.53. The van der Waals surface area contributed by atoms with E-state index in [1.54, 1.807) is 14.2 Å². The number of rotatable bonds is 5. The maximum absolute atomic E-state index is 5.78. The zero-order chi connectivity index (χ0) is 16.3. The Morgan fingerprint density at radius 2 is 1.91 bits per heavy atom. The third kappa shape index (κ3) is 3.09. The highest BCUT2D eigenvalue weighted by Crippen LogP contribution is 2.34. The predicted octanol–water partition coefficient (Wildman–Crippen LogP) is 2.69. The van der Waals surface area contributed by atoms with Gasteiger partial charge < -0.3 is 15.2 Å². The molecule has 0 atom stereocenters. The van der Waals surface area contributed by atoms with Gasteiger partial charge in [-0.1, -0.05) is 26.8 Å². The molecule has 2 aromatic rings. The second-order valence-corrected chi connectivity index (χ2v) is 6.24. The fraction of sp³-hybridized carbons (Fsp3) is 0.471. The molecule has 0 saturated carbocycles. The summed E-state index contributed by atoms with van der Waals surface area (Å²) in [5.41, 5.74) is 8.68. The van der Waals surface area contributed by atoms with Crippen LogP contribution in [0.4, 0.5) is 0 Å². The fourth-order valence-electron chi connectivity index (χ4n) is 2.53. The van der Waals surface area contributed by atoms with Crippen LogP contribution < -0.4 is 15.2 Å². The van der Waals surface area contributed by atoms with Gasteiger partial charge in [-0.3, -0.25) is 0 Å². The molecule has 5 nitrogen and oxygen atoms in total. The number of nitrogens with two attached hydrogens (primary N) is 1. The molecule has 0 aliphatic heterocycles. The van der Waals surface area contributed by atoms with Crippen molar-refractivity contribution >= 4 is 0 Å². The minimum absolute atomic E-state index is 0.0814. The number of benzene rings is 1. The molecule has 0 spiro atoms. The molecule has 0 fully saturated rings. The quantitative estimate of drug-likeness (QED) is 0.922. The molecule has 22 heavy (non-hydrogen) atoms. The van der Waals surface area contributed by atoms with Crippen molar-refractivity contribution in [1.82, 2.24) is 9.78 Å². The summed E-state index contributed by atoms with van der Waals surface area (Å²) >= 11 is 0. The summed E-state index contributed by atoms with van der Waals surface area (Å²) in [6.07, 6.45) is 0.736. The Balaban J connectivity index is 2.64. The monoisotopic (exact) mass is 303 g/mol. The maximum atomic E-state index is 5.78. The topological polar surface area (TPSA) is 62.3 Å². The number of methoxy groups -OCH3 is 2. The second-order valence-electron chi connectivity index (χ2n) is 6.24. The van der Waals surface area contributed by atoms with E-state index in [2.05, 4.69) is 20.8 Å². The van der Waals surface area contributed by atoms with Crippen LogP contribution in [0.5, 0.6) is 11.6 Å². The van der Waals surface area contributed by atoms with Crippen LogP contribution in [-0.4, -0.2) is 30.5 Å². The van der Waals surface area contributed by atoms with Gasteiger partial charge in [-0.2, -0.15) is 5.10 Å². The molecule has 1 heterocycles. The van der Waals surface area contributed by atoms with E-state index in [9.17, 15) is 0 Å². The SMILES string of the molecule is COc1cccc(-n2nc(C(C)(C)C)c(CCN)c2OC)c1. The van der Waals surface area contributed by atoms with Crippen LogP contribution in [-0.2, 0) is 11.8 Å². The molecular weight excluding hydrogens is 278 g/mol. The molecule has 0 bridgehead atoms. The van der Waals surface area contributed by atoms with Crippen LogP contribution in [0.1, 0.15) is 32.0 Å². The molecule has 0 radical (unpaired) electrons. The zero-order valence-corrected chi connectivity index (χ0v) is 14.0. The molecule has 5 heteroatoms. The Morgan fingerprint density at radius 3 is 2.45 bits per heavy atom. The number of ether oxygens (including phenoxy) is 2. The van der Waals surface area contributed by atoms with Crippen LogP contribution in [0.3, 0.4) is 0 Å². The standard InChI is InChI=1S/C17H25N3O2/c1-17(2,3)15-14(9-10-18)16(22-5)20(19-15)12-7-6-8-13(11-12)21-4/h6-8,11H,9-10,18H2,1-5H3. The van der Waals surface area contributed by atoms with Crippen LogP contribution >= 0.6 is 0 Å². The number of nitrogens with zero attached hydrogens (tertiary/aromatic N) is 2. The smallest absolute Gasteiger partial charge is 0.219 e. The number of aromatic nitrogens is 2. The molecule has 0 unspecified atom stereocenters. The van der Waals surface area contributed by atoms with Crippen molar-refractivity contribution in [1.29, 1.82) is 0 Å². The van der Waals surface area contributed by atoms with Crippen molar-refractivity contribution in [2.45, 2.75) is 32.6 Å². The molecule has 120 valence electrons. The van der Waals surface area contributed by atoms with Crippen molar-refractivity contribution in [3.63, 3.8) is 0 Å². The van der Waals surface area contributed by atoms with Crippen molar-refractivity contribution in [2.75, 3.05) is 20.8 Å². The number of hydrogen-bond acceptors (Lipinski definition) is 4. The molecule has 0 aliphatic carbocycles. The minimum Gasteiger partial charge on any atom is -0.497 e. The van der Waals surface area contributed by atoms with Crippen molar-refractivity contribution < 1.29 is 9.47 Å². The molecule has 2 N–H and O–H groups in total. The first-order chi connectivity index (χ1) is 10.4. The second kappa shape index (κ2) is 6.40. The van der Waals surface area contributed by atoms with Gasteiger partial charge >= 0.3 is 0 Å². The summed E-state index contributed by atoms with van der Waals surface area (Å²) in [6.45, 7) is 6.99. The first-order valence-electron chi connectivity index (χ1n) is 7.43. The van der Waals surface area contributed by atoms with Crippen molar-refractivity contribution in [3.05, 3.63) is 35.5 Å². The summed E-state index contributed by atoms with van der Waals surface area (Å²) in [5, 5.41) is 4.80. The first-order valence-corrected chi connectivity index (χ1v) is 7.43. The average molecular weight is 303 g/mol. The zero-order valence-electron chi connectivity index (χ0n) is 14.0. The predicted molar refractivity (Wildman–Crippen MR) is 88.1 cm³/mol. The minimum atomic E-state index is -0.0814. The Hall–Kier alpha value is -2.01. The highest BCUT2D eigenvalue weighted by Gasteiger charge is 2.27. The Bertz CT molecular complexity index is 642. The van der Waals surface area contributed by atoms with Crippen LogP contribution in [0.15, 0.2) is 24.3 Å². The molecule has 0 aliphatic rings. The van der Waals surface area contributed by atoms with Crippen LogP contribution in [0.25, 0.3) is 5.69 Å². The maximum Gasteiger partial charge on any atom is 0.219 e. The molecule has 2 rings (SSSR count). The highest BCUT2D eigenvalue weighted by atomic mass is 16.5. The molecule has 1 aromatic carbocycles. The lowest BCUT2D eigenvalue weighted by Crippen LogP contribution is -2.16. The van der Waals surface area contributed by atoms with Gasteiger partial charge in [0.15, 0.2) is 0 Å². The molecule has 0 amide bonds. The highest BCUT2D eigenvalue weighted by molar-refractivity contribution is 5.46. The third-order valence-corrected chi connectivity index (χ3v) is 3.53. The fourth-order valence-corrected chi connectivity index (χ4v) is 2.53. The number of hydrogen-bond donors (Lipinski definition) is 1. The van der Waals surface area contributed by atoms with Crippen LogP contribution in [0.2, 0.25) is 0 Å². The lowest BCUT2D eigenvalue weighted by molar-refractivity contribution is 0.378. The molecule has 1 aromatic heterocycles. The van der Waals surface area contributed by atoms with Gasteiger partial charge in [0.2, 0.25) is 5.88 Å². The van der Waals surface area contributed by atoms with E-state index in [0.29, 0.717) is 6.54 Å². The van der Waals surface area contributed by atoms with Gasteiger partial charge in [-0.05, 0) is 25.1 Å². The van der Waals surface area contributed by atoms with Crippen LogP contribution in [0, 0.1) is 0 Å². The Morgan fingerprint density at radius 1 is 1.18 bits per heavy atom. The van der Waals surface area contributed by atoms with Gasteiger partial charge in [0, 0.05) is 17.0 Å². The molecular formula is C17H25N3O2. The van der Waals surface area contributed by atoms with E-state index in [-0.39, 0.29) is 5.41 Å². The summed E-state index contributed by atoms with van der Waals surface area (Å²) < 4.78 is 12.8. The van der Waals surface area contributed by atoms with Gasteiger partial charge in [-0.15, -0.1) is 0 Å². The normalized spacial score (nSPS) is 11.5.